The molecule has 0 bridgehead atoms. The maximum absolute atomic E-state index is 4.65. The van der Waals surface area contributed by atoms with Gasteiger partial charge in [0.25, 0.3) is 0 Å². The summed E-state index contributed by atoms with van der Waals surface area (Å²) in [5.41, 5.74) is 5.86. The molecule has 114 valence electrons. The van der Waals surface area contributed by atoms with E-state index in [1.165, 1.54) is 38.2 Å². The van der Waals surface area contributed by atoms with Crippen molar-refractivity contribution in [3.05, 3.63) is 72.1 Å². The third-order valence-electron chi connectivity index (χ3n) is 4.84. The Kier molecular flexibility index (Phi) is 2.66. The van der Waals surface area contributed by atoms with Crippen LogP contribution < -0.4 is 0 Å². The van der Waals surface area contributed by atoms with Crippen molar-refractivity contribution in [3.8, 4) is 11.1 Å². The van der Waals surface area contributed by atoms with Gasteiger partial charge in [0, 0.05) is 10.8 Å². The predicted octanol–water partition coefficient (Wildman–Crippen LogP) is 5.66. The largest absolute Gasteiger partial charge is 0.233 e. The summed E-state index contributed by atoms with van der Waals surface area (Å²) in [5.74, 6) is 0.820. The molecule has 1 heterocycles. The molecule has 0 aliphatic heterocycles. The van der Waals surface area contributed by atoms with Crippen molar-refractivity contribution in [2.24, 2.45) is 0 Å². The van der Waals surface area contributed by atoms with Crippen LogP contribution in [-0.4, -0.2) is 9.97 Å². The van der Waals surface area contributed by atoms with Gasteiger partial charge >= 0.3 is 0 Å². The van der Waals surface area contributed by atoms with E-state index in [-0.39, 0.29) is 0 Å². The SMILES string of the molecule is Cc1nc2ccc3c(C)cc(-c4ccccc4)c4ccc(n1)c2c34. The molecular formula is C22H16N2. The molecule has 0 saturated carbocycles. The van der Waals surface area contributed by atoms with Crippen molar-refractivity contribution >= 4 is 32.6 Å². The molecule has 4 aromatic carbocycles. The first-order valence-corrected chi connectivity index (χ1v) is 8.20. The van der Waals surface area contributed by atoms with Crippen molar-refractivity contribution in [1.82, 2.24) is 9.97 Å². The quantitative estimate of drug-likeness (QED) is 0.373. The van der Waals surface area contributed by atoms with Crippen molar-refractivity contribution in [1.29, 1.82) is 0 Å². The summed E-state index contributed by atoms with van der Waals surface area (Å²) in [6.45, 7) is 4.14. The van der Waals surface area contributed by atoms with Crippen molar-refractivity contribution in [2.45, 2.75) is 13.8 Å². The Balaban J connectivity index is 2.04. The summed E-state index contributed by atoms with van der Waals surface area (Å²) in [5, 5.41) is 5.02. The van der Waals surface area contributed by atoms with Gasteiger partial charge in [-0.05, 0) is 53.4 Å². The van der Waals surface area contributed by atoms with Crippen LogP contribution in [0.2, 0.25) is 0 Å². The van der Waals surface area contributed by atoms with Crippen LogP contribution in [0.25, 0.3) is 43.7 Å². The zero-order valence-electron chi connectivity index (χ0n) is 13.7. The van der Waals surface area contributed by atoms with Crippen molar-refractivity contribution in [2.75, 3.05) is 0 Å². The number of rotatable bonds is 1. The van der Waals surface area contributed by atoms with Crippen LogP contribution in [0, 0.1) is 13.8 Å². The number of benzene rings is 4. The minimum absolute atomic E-state index is 0.820. The minimum atomic E-state index is 0.820. The molecule has 5 aromatic rings. The van der Waals surface area contributed by atoms with Crippen LogP contribution in [0.1, 0.15) is 11.4 Å². The second kappa shape index (κ2) is 4.75. The monoisotopic (exact) mass is 308 g/mol. The second-order valence-electron chi connectivity index (χ2n) is 6.39. The third-order valence-corrected chi connectivity index (χ3v) is 4.84. The first kappa shape index (κ1) is 13.4. The van der Waals surface area contributed by atoms with E-state index in [9.17, 15) is 0 Å². The first-order valence-electron chi connectivity index (χ1n) is 8.20. The molecule has 2 nitrogen and oxygen atoms in total. The fourth-order valence-electron chi connectivity index (χ4n) is 3.80. The highest BCUT2D eigenvalue weighted by Crippen LogP contribution is 2.39. The lowest BCUT2D eigenvalue weighted by Gasteiger charge is -2.15. The molecule has 0 radical (unpaired) electrons. The zero-order chi connectivity index (χ0) is 16.3. The van der Waals surface area contributed by atoms with Gasteiger partial charge in [0.05, 0.1) is 11.0 Å². The Labute approximate surface area is 140 Å². The lowest BCUT2D eigenvalue weighted by molar-refractivity contribution is 1.12. The van der Waals surface area contributed by atoms with E-state index in [1.807, 2.05) is 6.92 Å². The van der Waals surface area contributed by atoms with Crippen molar-refractivity contribution in [3.63, 3.8) is 0 Å². The number of hydrogen-bond acceptors (Lipinski definition) is 2. The molecule has 0 aliphatic carbocycles. The molecule has 0 N–H and O–H groups in total. The maximum atomic E-state index is 4.65. The molecule has 0 unspecified atom stereocenters. The third kappa shape index (κ3) is 1.77. The van der Waals surface area contributed by atoms with E-state index in [2.05, 4.69) is 77.6 Å². The molecule has 2 heteroatoms. The molecule has 0 spiro atoms. The number of aromatic nitrogens is 2. The zero-order valence-corrected chi connectivity index (χ0v) is 13.7. The highest BCUT2D eigenvalue weighted by atomic mass is 14.9. The standard InChI is InChI=1S/C22H16N2/c1-13-12-18(15-6-4-3-5-7-15)17-9-11-20-22-19(23-14(2)24-20)10-8-16(13)21(17)22/h3-12H,1-2H3. The highest BCUT2D eigenvalue weighted by molar-refractivity contribution is 6.24. The Morgan fingerprint density at radius 1 is 0.667 bits per heavy atom. The molecule has 1 aromatic heterocycles. The predicted molar refractivity (Wildman–Crippen MR) is 101 cm³/mol. The van der Waals surface area contributed by atoms with Gasteiger partial charge < -0.3 is 0 Å². The fraction of sp³-hybridized carbons (Fsp3) is 0.0909. The van der Waals surface area contributed by atoms with Crippen LogP contribution in [0.3, 0.4) is 0 Å². The van der Waals surface area contributed by atoms with Gasteiger partial charge in [-0.15, -0.1) is 0 Å². The summed E-state index contributed by atoms with van der Waals surface area (Å²) < 4.78 is 0. The normalized spacial score (nSPS) is 11.8. The van der Waals surface area contributed by atoms with E-state index in [1.54, 1.807) is 0 Å². The van der Waals surface area contributed by atoms with Crippen LogP contribution in [0.4, 0.5) is 0 Å². The minimum Gasteiger partial charge on any atom is -0.233 e. The van der Waals surface area contributed by atoms with Gasteiger partial charge in [-0.3, -0.25) is 0 Å². The van der Waals surface area contributed by atoms with Gasteiger partial charge in [-0.2, -0.15) is 0 Å². The lowest BCUT2D eigenvalue weighted by atomic mass is 9.90. The van der Waals surface area contributed by atoms with Crippen molar-refractivity contribution < 1.29 is 0 Å². The molecule has 0 atom stereocenters. The fourth-order valence-corrected chi connectivity index (χ4v) is 3.80. The summed E-state index contributed by atoms with van der Waals surface area (Å²) >= 11 is 0. The Morgan fingerprint density at radius 3 is 2.04 bits per heavy atom. The van der Waals surface area contributed by atoms with Gasteiger partial charge in [0.1, 0.15) is 5.82 Å². The Morgan fingerprint density at radius 2 is 1.33 bits per heavy atom. The topological polar surface area (TPSA) is 25.8 Å². The molecule has 24 heavy (non-hydrogen) atoms. The maximum Gasteiger partial charge on any atom is 0.126 e. The van der Waals surface area contributed by atoms with E-state index in [4.69, 9.17) is 0 Å². The summed E-state index contributed by atoms with van der Waals surface area (Å²) in [6.07, 6.45) is 0. The van der Waals surface area contributed by atoms with Gasteiger partial charge in [-0.25, -0.2) is 9.97 Å². The summed E-state index contributed by atoms with van der Waals surface area (Å²) in [7, 11) is 0. The van der Waals surface area contributed by atoms with Gasteiger partial charge in [0.2, 0.25) is 0 Å². The van der Waals surface area contributed by atoms with E-state index in [0.717, 1.165) is 16.9 Å². The van der Waals surface area contributed by atoms with Gasteiger partial charge in [-0.1, -0.05) is 48.5 Å². The molecule has 0 aliphatic rings. The molecule has 0 saturated heterocycles. The number of hydrogen-bond donors (Lipinski definition) is 0. The highest BCUT2D eigenvalue weighted by Gasteiger charge is 2.15. The second-order valence-corrected chi connectivity index (χ2v) is 6.39. The van der Waals surface area contributed by atoms with Crippen LogP contribution in [0.5, 0.6) is 0 Å². The summed E-state index contributed by atoms with van der Waals surface area (Å²) in [6, 6.07) is 21.5. The average Bonchev–Trinajstić information content (AvgIpc) is 2.61. The average molecular weight is 308 g/mol. The molecule has 5 rings (SSSR count). The Bertz CT molecular complexity index is 1190. The molecule has 0 amide bonds. The molecular weight excluding hydrogens is 292 g/mol. The first-order chi connectivity index (χ1) is 11.7. The number of aryl methyl sites for hydroxylation is 2. The van der Waals surface area contributed by atoms with E-state index in [0.29, 0.717) is 0 Å². The Hall–Kier alpha value is -3.00. The van der Waals surface area contributed by atoms with Crippen LogP contribution >= 0.6 is 0 Å². The molecule has 0 fully saturated rings. The summed E-state index contributed by atoms with van der Waals surface area (Å²) in [4.78, 5) is 9.30. The number of nitrogens with zero attached hydrogens (tertiary/aromatic N) is 2. The van der Waals surface area contributed by atoms with Gasteiger partial charge in [0.15, 0.2) is 0 Å². The van der Waals surface area contributed by atoms with Crippen LogP contribution in [0.15, 0.2) is 60.7 Å². The van der Waals surface area contributed by atoms with E-state index < -0.39 is 0 Å². The smallest absolute Gasteiger partial charge is 0.126 e. The van der Waals surface area contributed by atoms with Crippen LogP contribution in [-0.2, 0) is 0 Å². The lowest BCUT2D eigenvalue weighted by Crippen LogP contribution is -1.95. The van der Waals surface area contributed by atoms with E-state index >= 15 is 0 Å².